The number of anilines is 1. The first kappa shape index (κ1) is 23.2. The quantitative estimate of drug-likeness (QED) is 0.698. The van der Waals surface area contributed by atoms with Crippen LogP contribution in [0.4, 0.5) is 5.69 Å². The van der Waals surface area contributed by atoms with E-state index in [-0.39, 0.29) is 34.7 Å². The molecule has 8 heteroatoms. The van der Waals surface area contributed by atoms with Gasteiger partial charge in [-0.15, -0.1) is 0 Å². The Morgan fingerprint density at radius 2 is 1.66 bits per heavy atom. The Morgan fingerprint density at radius 1 is 1.00 bits per heavy atom. The summed E-state index contributed by atoms with van der Waals surface area (Å²) in [6.07, 6.45) is 8.70. The van der Waals surface area contributed by atoms with E-state index in [1.165, 1.54) is 36.9 Å². The van der Waals surface area contributed by atoms with Crippen LogP contribution in [-0.2, 0) is 26.0 Å². The van der Waals surface area contributed by atoms with Crippen molar-refractivity contribution < 1.29 is 18.0 Å². The Bertz CT molecular complexity index is 961. The molecule has 1 N–H and O–H groups in total. The van der Waals surface area contributed by atoms with Crippen LogP contribution in [0, 0.1) is 5.92 Å². The zero-order valence-corrected chi connectivity index (χ0v) is 20.0. The smallest absolute Gasteiger partial charge is 0.243 e. The molecule has 1 aromatic rings. The van der Waals surface area contributed by atoms with Gasteiger partial charge in [0.1, 0.15) is 0 Å². The van der Waals surface area contributed by atoms with Gasteiger partial charge in [0, 0.05) is 43.7 Å². The van der Waals surface area contributed by atoms with E-state index in [0.717, 1.165) is 24.1 Å². The van der Waals surface area contributed by atoms with Gasteiger partial charge >= 0.3 is 0 Å². The average molecular weight is 462 g/mol. The Kier molecular flexibility index (Phi) is 6.91. The molecule has 1 aromatic carbocycles. The van der Waals surface area contributed by atoms with Gasteiger partial charge in [-0.2, -0.15) is 4.31 Å². The molecule has 7 nitrogen and oxygen atoms in total. The molecular weight excluding hydrogens is 426 g/mol. The Morgan fingerprint density at radius 3 is 2.28 bits per heavy atom. The SMILES string of the molecule is CC(=O)N1c2ccc(S(=O)(=O)N3CCC(C(=O)NC4CCCCCC4)CC3)cc2C[C@H]1C. The summed E-state index contributed by atoms with van der Waals surface area (Å²) in [5, 5.41) is 3.22. The van der Waals surface area contributed by atoms with Gasteiger partial charge in [0.2, 0.25) is 21.8 Å². The molecular formula is C24H35N3O4S. The lowest BCUT2D eigenvalue weighted by atomic mass is 9.96. The molecule has 1 saturated carbocycles. The topological polar surface area (TPSA) is 86.8 Å². The number of rotatable bonds is 4. The van der Waals surface area contributed by atoms with Crippen molar-refractivity contribution in [1.29, 1.82) is 0 Å². The van der Waals surface area contributed by atoms with E-state index in [2.05, 4.69) is 5.32 Å². The summed E-state index contributed by atoms with van der Waals surface area (Å²) >= 11 is 0. The van der Waals surface area contributed by atoms with Gasteiger partial charge in [-0.25, -0.2) is 8.42 Å². The predicted molar refractivity (Wildman–Crippen MR) is 124 cm³/mol. The van der Waals surface area contributed by atoms with Crippen molar-refractivity contribution in [1.82, 2.24) is 9.62 Å². The van der Waals surface area contributed by atoms with E-state index in [0.29, 0.717) is 32.4 Å². The number of nitrogens with one attached hydrogen (secondary N) is 1. The van der Waals surface area contributed by atoms with E-state index < -0.39 is 10.0 Å². The fourth-order valence-corrected chi connectivity index (χ4v) is 7.02. The van der Waals surface area contributed by atoms with E-state index in [9.17, 15) is 18.0 Å². The highest BCUT2D eigenvalue weighted by atomic mass is 32.2. The van der Waals surface area contributed by atoms with Crippen molar-refractivity contribution in [2.45, 2.75) is 88.6 Å². The standard InChI is InChI=1S/C24H35N3O4S/c1-17-15-20-16-22(9-10-23(20)27(17)18(2)28)32(30,31)26-13-11-19(12-14-26)24(29)25-21-7-5-3-4-6-8-21/h9-10,16-17,19,21H,3-8,11-15H2,1-2H3,(H,25,29)/t17-/m1/s1. The fraction of sp³-hybridized carbons (Fsp3) is 0.667. The molecule has 32 heavy (non-hydrogen) atoms. The minimum absolute atomic E-state index is 0.0307. The predicted octanol–water partition coefficient (Wildman–Crippen LogP) is 3.22. The molecule has 0 unspecified atom stereocenters. The van der Waals surface area contributed by atoms with E-state index >= 15 is 0 Å². The Balaban J connectivity index is 1.38. The van der Waals surface area contributed by atoms with Gasteiger partial charge in [-0.3, -0.25) is 9.59 Å². The summed E-state index contributed by atoms with van der Waals surface area (Å²) in [6.45, 7) is 4.23. The molecule has 0 bridgehead atoms. The van der Waals surface area contributed by atoms with E-state index in [4.69, 9.17) is 0 Å². The average Bonchev–Trinajstić information content (AvgIpc) is 2.91. The number of fused-ring (bicyclic) bond motifs is 1. The third-order valence-corrected chi connectivity index (χ3v) is 9.16. The number of piperidine rings is 1. The summed E-state index contributed by atoms with van der Waals surface area (Å²) in [5.74, 6) is -0.0597. The maximum atomic E-state index is 13.3. The number of hydrogen-bond acceptors (Lipinski definition) is 4. The van der Waals surface area contributed by atoms with Crippen LogP contribution in [0.15, 0.2) is 23.1 Å². The third-order valence-electron chi connectivity index (χ3n) is 7.27. The van der Waals surface area contributed by atoms with Gasteiger partial charge in [-0.1, -0.05) is 25.7 Å². The monoisotopic (exact) mass is 461 g/mol. The number of amides is 2. The molecule has 3 aliphatic rings. The van der Waals surface area contributed by atoms with Crippen molar-refractivity contribution in [3.05, 3.63) is 23.8 Å². The van der Waals surface area contributed by atoms with Crippen LogP contribution in [0.3, 0.4) is 0 Å². The summed E-state index contributed by atoms with van der Waals surface area (Å²) in [6, 6.07) is 5.38. The van der Waals surface area contributed by atoms with Crippen LogP contribution in [0.25, 0.3) is 0 Å². The second kappa shape index (κ2) is 9.51. The van der Waals surface area contributed by atoms with Gasteiger partial charge in [0.15, 0.2) is 0 Å². The van der Waals surface area contributed by atoms with Crippen LogP contribution >= 0.6 is 0 Å². The molecule has 0 aromatic heterocycles. The Labute approximate surface area is 191 Å². The first-order chi connectivity index (χ1) is 15.3. The molecule has 2 fully saturated rings. The van der Waals surface area contributed by atoms with Crippen molar-refractivity contribution >= 4 is 27.5 Å². The molecule has 1 atom stereocenters. The van der Waals surface area contributed by atoms with E-state index in [1.807, 2.05) is 6.92 Å². The normalized spacial score (nSPS) is 23.6. The molecule has 4 rings (SSSR count). The van der Waals surface area contributed by atoms with Crippen molar-refractivity contribution in [3.8, 4) is 0 Å². The second-order valence-electron chi connectivity index (χ2n) is 9.61. The van der Waals surface area contributed by atoms with Gasteiger partial charge in [0.05, 0.1) is 4.90 Å². The molecule has 0 spiro atoms. The molecule has 1 aliphatic carbocycles. The number of hydrogen-bond donors (Lipinski definition) is 1. The molecule has 1 saturated heterocycles. The highest BCUT2D eigenvalue weighted by molar-refractivity contribution is 7.89. The van der Waals surface area contributed by atoms with Crippen LogP contribution in [0.2, 0.25) is 0 Å². The lowest BCUT2D eigenvalue weighted by Crippen LogP contribution is -2.45. The lowest BCUT2D eigenvalue weighted by molar-refractivity contribution is -0.127. The molecule has 2 amide bonds. The number of sulfonamides is 1. The van der Waals surface area contributed by atoms with Crippen molar-refractivity contribution in [2.75, 3.05) is 18.0 Å². The summed E-state index contributed by atoms with van der Waals surface area (Å²) in [4.78, 5) is 26.7. The second-order valence-corrected chi connectivity index (χ2v) is 11.5. The maximum Gasteiger partial charge on any atom is 0.243 e. The highest BCUT2D eigenvalue weighted by Crippen LogP contribution is 2.35. The first-order valence-electron chi connectivity index (χ1n) is 12.0. The third kappa shape index (κ3) is 4.71. The molecule has 176 valence electrons. The molecule has 2 heterocycles. The number of benzene rings is 1. The highest BCUT2D eigenvalue weighted by Gasteiger charge is 2.35. The zero-order chi connectivity index (χ0) is 22.9. The van der Waals surface area contributed by atoms with Gasteiger partial charge < -0.3 is 10.2 Å². The van der Waals surface area contributed by atoms with Crippen LogP contribution in [0.1, 0.15) is 70.8 Å². The van der Waals surface area contributed by atoms with Crippen LogP contribution in [0.5, 0.6) is 0 Å². The first-order valence-corrected chi connectivity index (χ1v) is 13.4. The van der Waals surface area contributed by atoms with Crippen LogP contribution < -0.4 is 10.2 Å². The number of carbonyl (C=O) groups is 2. The Hall–Kier alpha value is -1.93. The molecule has 2 aliphatic heterocycles. The van der Waals surface area contributed by atoms with Crippen molar-refractivity contribution in [2.24, 2.45) is 5.92 Å². The van der Waals surface area contributed by atoms with Crippen molar-refractivity contribution in [3.63, 3.8) is 0 Å². The maximum absolute atomic E-state index is 13.3. The summed E-state index contributed by atoms with van der Waals surface area (Å²) in [5.41, 5.74) is 1.70. The minimum Gasteiger partial charge on any atom is -0.353 e. The minimum atomic E-state index is -3.62. The summed E-state index contributed by atoms with van der Waals surface area (Å²) in [7, 11) is -3.62. The lowest BCUT2D eigenvalue weighted by Gasteiger charge is -2.31. The van der Waals surface area contributed by atoms with E-state index in [1.54, 1.807) is 23.1 Å². The number of carbonyl (C=O) groups excluding carboxylic acids is 2. The zero-order valence-electron chi connectivity index (χ0n) is 19.2. The summed E-state index contributed by atoms with van der Waals surface area (Å²) < 4.78 is 28.0. The largest absolute Gasteiger partial charge is 0.353 e. The van der Waals surface area contributed by atoms with Gasteiger partial charge in [0.25, 0.3) is 0 Å². The fourth-order valence-electron chi connectivity index (χ4n) is 5.50. The van der Waals surface area contributed by atoms with Crippen LogP contribution in [-0.4, -0.2) is 49.7 Å². The molecule has 0 radical (unpaired) electrons. The van der Waals surface area contributed by atoms with Gasteiger partial charge in [-0.05, 0) is 62.8 Å². The number of nitrogens with zero attached hydrogens (tertiary/aromatic N) is 2.